The number of sulfonamides is 1. The summed E-state index contributed by atoms with van der Waals surface area (Å²) in [5.41, 5.74) is 1.88. The maximum absolute atomic E-state index is 12.4. The molecule has 4 nitrogen and oxygen atoms in total. The Kier molecular flexibility index (Phi) is 3.84. The van der Waals surface area contributed by atoms with E-state index in [2.05, 4.69) is 10.8 Å². The lowest BCUT2D eigenvalue weighted by Gasteiger charge is -2.08. The van der Waals surface area contributed by atoms with Gasteiger partial charge < -0.3 is 0 Å². The van der Waals surface area contributed by atoms with Crippen molar-refractivity contribution in [3.8, 4) is 6.07 Å². The third kappa shape index (κ3) is 2.55. The van der Waals surface area contributed by atoms with Crippen LogP contribution in [0.3, 0.4) is 0 Å². The van der Waals surface area contributed by atoms with E-state index in [1.54, 1.807) is 31.2 Å². The SMILES string of the molecule is Cc1ccccc1S(=O)(=O)Nc1sc(C)c(C)c1C#N. The lowest BCUT2D eigenvalue weighted by Crippen LogP contribution is -2.14. The third-order valence-corrected chi connectivity index (χ3v) is 5.87. The number of hydrogen-bond donors (Lipinski definition) is 1. The molecule has 0 bridgehead atoms. The summed E-state index contributed by atoms with van der Waals surface area (Å²) in [6, 6.07) is 8.81. The summed E-state index contributed by atoms with van der Waals surface area (Å²) in [4.78, 5) is 1.16. The maximum Gasteiger partial charge on any atom is 0.262 e. The molecule has 1 heterocycles. The highest BCUT2D eigenvalue weighted by molar-refractivity contribution is 7.93. The summed E-state index contributed by atoms with van der Waals surface area (Å²) in [7, 11) is -3.67. The molecule has 1 N–H and O–H groups in total. The predicted molar refractivity (Wildman–Crippen MR) is 80.5 cm³/mol. The number of hydrogen-bond acceptors (Lipinski definition) is 4. The Hall–Kier alpha value is -1.84. The van der Waals surface area contributed by atoms with E-state index >= 15 is 0 Å². The second kappa shape index (κ2) is 5.27. The highest BCUT2D eigenvalue weighted by atomic mass is 32.2. The van der Waals surface area contributed by atoms with Gasteiger partial charge >= 0.3 is 0 Å². The summed E-state index contributed by atoms with van der Waals surface area (Å²) < 4.78 is 27.3. The minimum atomic E-state index is -3.67. The molecule has 104 valence electrons. The van der Waals surface area contributed by atoms with E-state index in [4.69, 9.17) is 5.26 Å². The van der Waals surface area contributed by atoms with Crippen molar-refractivity contribution < 1.29 is 8.42 Å². The van der Waals surface area contributed by atoms with Gasteiger partial charge in [-0.05, 0) is 38.0 Å². The van der Waals surface area contributed by atoms with E-state index in [0.29, 0.717) is 16.1 Å². The molecule has 0 atom stereocenters. The summed E-state index contributed by atoms with van der Waals surface area (Å²) in [5.74, 6) is 0. The Morgan fingerprint density at radius 2 is 1.85 bits per heavy atom. The van der Waals surface area contributed by atoms with E-state index in [0.717, 1.165) is 10.4 Å². The zero-order valence-corrected chi connectivity index (χ0v) is 13.0. The number of thiophene rings is 1. The minimum Gasteiger partial charge on any atom is -0.269 e. The topological polar surface area (TPSA) is 70.0 Å². The fourth-order valence-corrected chi connectivity index (χ4v) is 4.43. The Bertz CT molecular complexity index is 799. The molecule has 1 aromatic heterocycles. The molecule has 0 fully saturated rings. The first-order valence-corrected chi connectivity index (χ1v) is 8.25. The van der Waals surface area contributed by atoms with Crippen molar-refractivity contribution in [1.82, 2.24) is 0 Å². The molecule has 0 aliphatic carbocycles. The molecule has 0 unspecified atom stereocenters. The van der Waals surface area contributed by atoms with Crippen molar-refractivity contribution in [2.75, 3.05) is 4.72 Å². The van der Waals surface area contributed by atoms with Gasteiger partial charge in [0.2, 0.25) is 0 Å². The molecule has 0 aliphatic heterocycles. The van der Waals surface area contributed by atoms with Crippen LogP contribution < -0.4 is 4.72 Å². The summed E-state index contributed by atoms with van der Waals surface area (Å²) in [6.45, 7) is 5.42. The van der Waals surface area contributed by atoms with Crippen LogP contribution in [-0.2, 0) is 10.0 Å². The van der Waals surface area contributed by atoms with Crippen molar-refractivity contribution in [3.63, 3.8) is 0 Å². The molecule has 6 heteroatoms. The maximum atomic E-state index is 12.4. The number of aryl methyl sites for hydroxylation is 2. The first-order valence-electron chi connectivity index (χ1n) is 5.95. The molecule has 0 amide bonds. The van der Waals surface area contributed by atoms with E-state index in [1.165, 1.54) is 11.3 Å². The number of nitrogens with zero attached hydrogens (tertiary/aromatic N) is 1. The zero-order valence-electron chi connectivity index (χ0n) is 11.4. The van der Waals surface area contributed by atoms with Crippen molar-refractivity contribution in [2.24, 2.45) is 0 Å². The van der Waals surface area contributed by atoms with Crippen molar-refractivity contribution in [2.45, 2.75) is 25.7 Å². The first-order chi connectivity index (χ1) is 9.36. The van der Waals surface area contributed by atoms with Crippen LogP contribution in [0.15, 0.2) is 29.2 Å². The normalized spacial score (nSPS) is 11.1. The van der Waals surface area contributed by atoms with Crippen LogP contribution in [-0.4, -0.2) is 8.42 Å². The van der Waals surface area contributed by atoms with E-state index in [1.807, 2.05) is 13.8 Å². The van der Waals surface area contributed by atoms with Gasteiger partial charge in [0, 0.05) is 4.88 Å². The number of benzene rings is 1. The number of rotatable bonds is 3. The van der Waals surface area contributed by atoms with Crippen molar-refractivity contribution in [1.29, 1.82) is 5.26 Å². The van der Waals surface area contributed by atoms with Crippen LogP contribution in [0.1, 0.15) is 21.6 Å². The molecular formula is C14H14N2O2S2. The molecule has 20 heavy (non-hydrogen) atoms. The molecular weight excluding hydrogens is 292 g/mol. The third-order valence-electron chi connectivity index (χ3n) is 3.11. The molecule has 0 spiro atoms. The van der Waals surface area contributed by atoms with Crippen LogP contribution in [0.2, 0.25) is 0 Å². The Morgan fingerprint density at radius 1 is 1.20 bits per heavy atom. The highest BCUT2D eigenvalue weighted by Crippen LogP contribution is 2.33. The van der Waals surface area contributed by atoms with E-state index in [9.17, 15) is 8.42 Å². The predicted octanol–water partition coefficient (Wildman–Crippen LogP) is 3.35. The van der Waals surface area contributed by atoms with E-state index in [-0.39, 0.29) is 4.90 Å². The smallest absolute Gasteiger partial charge is 0.262 e. The fraction of sp³-hybridized carbons (Fsp3) is 0.214. The van der Waals surface area contributed by atoms with Gasteiger partial charge in [0.1, 0.15) is 11.1 Å². The minimum absolute atomic E-state index is 0.229. The average Bonchev–Trinajstić information content (AvgIpc) is 2.64. The largest absolute Gasteiger partial charge is 0.269 e. The van der Waals surface area contributed by atoms with Gasteiger partial charge in [0.25, 0.3) is 10.0 Å². The van der Waals surface area contributed by atoms with Crippen LogP contribution >= 0.6 is 11.3 Å². The summed E-state index contributed by atoms with van der Waals surface area (Å²) in [5, 5.41) is 9.54. The number of anilines is 1. The average molecular weight is 306 g/mol. The summed E-state index contributed by atoms with van der Waals surface area (Å²) in [6.07, 6.45) is 0. The Labute approximate surface area is 122 Å². The monoisotopic (exact) mass is 306 g/mol. The van der Waals surface area contributed by atoms with Gasteiger partial charge in [0.15, 0.2) is 0 Å². The molecule has 2 rings (SSSR count). The molecule has 1 aromatic carbocycles. The second-order valence-electron chi connectivity index (χ2n) is 4.47. The Balaban J connectivity index is 2.48. The second-order valence-corrected chi connectivity index (χ2v) is 7.35. The van der Waals surface area contributed by atoms with E-state index < -0.39 is 10.0 Å². The quantitative estimate of drug-likeness (QED) is 0.945. The van der Waals surface area contributed by atoms with Crippen molar-refractivity contribution >= 4 is 26.4 Å². The van der Waals surface area contributed by atoms with Crippen molar-refractivity contribution in [3.05, 3.63) is 45.8 Å². The van der Waals surface area contributed by atoms with Crippen LogP contribution in [0.4, 0.5) is 5.00 Å². The number of nitriles is 1. The lowest BCUT2D eigenvalue weighted by molar-refractivity contribution is 0.600. The Morgan fingerprint density at radius 3 is 2.45 bits per heavy atom. The van der Waals surface area contributed by atoms with Gasteiger partial charge in [0.05, 0.1) is 10.5 Å². The molecule has 2 aromatic rings. The lowest BCUT2D eigenvalue weighted by atomic mass is 10.2. The van der Waals surface area contributed by atoms with Crippen LogP contribution in [0, 0.1) is 32.1 Å². The van der Waals surface area contributed by atoms with Gasteiger partial charge in [-0.25, -0.2) is 8.42 Å². The standard InChI is InChI=1S/C14H14N2O2S2/c1-9-6-4-5-7-13(9)20(17,18)16-14-12(8-15)10(2)11(3)19-14/h4-7,16H,1-3H3. The highest BCUT2D eigenvalue weighted by Gasteiger charge is 2.21. The fourth-order valence-electron chi connectivity index (χ4n) is 1.87. The van der Waals surface area contributed by atoms with Crippen LogP contribution in [0.25, 0.3) is 0 Å². The van der Waals surface area contributed by atoms with Gasteiger partial charge in [-0.3, -0.25) is 4.72 Å². The molecule has 0 radical (unpaired) electrons. The van der Waals surface area contributed by atoms with Gasteiger partial charge in [-0.1, -0.05) is 18.2 Å². The molecule has 0 saturated carbocycles. The number of nitrogens with one attached hydrogen (secondary N) is 1. The van der Waals surface area contributed by atoms with Gasteiger partial charge in [-0.2, -0.15) is 5.26 Å². The molecule has 0 saturated heterocycles. The molecule has 0 aliphatic rings. The first kappa shape index (κ1) is 14.6. The van der Waals surface area contributed by atoms with Crippen LogP contribution in [0.5, 0.6) is 0 Å². The van der Waals surface area contributed by atoms with Gasteiger partial charge in [-0.15, -0.1) is 11.3 Å². The zero-order chi connectivity index (χ0) is 14.9. The summed E-state index contributed by atoms with van der Waals surface area (Å²) >= 11 is 1.28.